The van der Waals surface area contributed by atoms with Gasteiger partial charge in [0.2, 0.25) is 0 Å². The molecule has 0 aliphatic rings. The summed E-state index contributed by atoms with van der Waals surface area (Å²) in [5.41, 5.74) is 5.46. The van der Waals surface area contributed by atoms with Gasteiger partial charge in [-0.05, 0) is 56.2 Å². The molecule has 5 nitrogen and oxygen atoms in total. The molecule has 2 N–H and O–H groups in total. The van der Waals surface area contributed by atoms with Crippen molar-refractivity contribution in [3.05, 3.63) is 77.2 Å². The Bertz CT molecular complexity index is 904. The molecule has 5 heteroatoms. The molecule has 0 aliphatic carbocycles. The van der Waals surface area contributed by atoms with Crippen LogP contribution in [0.4, 0.5) is 17.2 Å². The first-order chi connectivity index (χ1) is 12.0. The molecule has 0 atom stereocenters. The average Bonchev–Trinajstić information content (AvgIpc) is 2.60. The lowest BCUT2D eigenvalue weighted by molar-refractivity contribution is 0.102. The number of carbonyl (C=O) groups is 1. The predicted octanol–water partition coefficient (Wildman–Crippen LogP) is 4.40. The van der Waals surface area contributed by atoms with Crippen molar-refractivity contribution in [1.82, 2.24) is 9.97 Å². The minimum Gasteiger partial charge on any atom is -0.340 e. The fraction of sp³-hybridized carbons (Fsp3) is 0.150. The molecule has 0 saturated heterocycles. The van der Waals surface area contributed by atoms with Crippen LogP contribution in [0.5, 0.6) is 0 Å². The molecule has 1 aromatic heterocycles. The lowest BCUT2D eigenvalue weighted by atomic mass is 10.1. The van der Waals surface area contributed by atoms with E-state index in [1.807, 2.05) is 63.2 Å². The van der Waals surface area contributed by atoms with E-state index < -0.39 is 0 Å². The zero-order valence-corrected chi connectivity index (χ0v) is 14.5. The van der Waals surface area contributed by atoms with E-state index in [-0.39, 0.29) is 5.91 Å². The molecule has 3 aromatic rings. The van der Waals surface area contributed by atoms with Crippen LogP contribution in [-0.2, 0) is 0 Å². The highest BCUT2D eigenvalue weighted by Gasteiger charge is 2.10. The monoisotopic (exact) mass is 332 g/mol. The van der Waals surface area contributed by atoms with Crippen LogP contribution >= 0.6 is 0 Å². The highest BCUT2D eigenvalue weighted by molar-refractivity contribution is 6.03. The molecular weight excluding hydrogens is 312 g/mol. The smallest absolute Gasteiger partial charge is 0.274 e. The first kappa shape index (κ1) is 16.6. The van der Waals surface area contributed by atoms with Gasteiger partial charge in [-0.25, -0.2) is 9.97 Å². The Hall–Kier alpha value is -3.21. The Labute approximate surface area is 147 Å². The average molecular weight is 332 g/mol. The van der Waals surface area contributed by atoms with E-state index in [0.717, 1.165) is 16.9 Å². The maximum Gasteiger partial charge on any atom is 0.274 e. The molecule has 0 unspecified atom stereocenters. The topological polar surface area (TPSA) is 66.9 Å². The van der Waals surface area contributed by atoms with Gasteiger partial charge in [0.15, 0.2) is 0 Å². The Morgan fingerprint density at radius 2 is 1.56 bits per heavy atom. The van der Waals surface area contributed by atoms with Gasteiger partial charge in [0.25, 0.3) is 5.91 Å². The Morgan fingerprint density at radius 3 is 2.28 bits per heavy atom. The number of anilines is 3. The molecule has 1 amide bonds. The number of nitrogens with one attached hydrogen (secondary N) is 2. The highest BCUT2D eigenvalue weighted by atomic mass is 16.1. The summed E-state index contributed by atoms with van der Waals surface area (Å²) in [6.45, 7) is 6.08. The molecule has 0 saturated carbocycles. The zero-order valence-electron chi connectivity index (χ0n) is 14.5. The van der Waals surface area contributed by atoms with E-state index >= 15 is 0 Å². The third-order valence-electron chi connectivity index (χ3n) is 3.99. The van der Waals surface area contributed by atoms with Crippen molar-refractivity contribution in [2.45, 2.75) is 20.8 Å². The van der Waals surface area contributed by atoms with Gasteiger partial charge in [0, 0.05) is 17.4 Å². The standard InChI is InChI=1S/C20H20N4O/c1-13-4-7-16(8-5-13)23-19-11-18(21-12-22-19)20(25)24-17-9-6-14(2)15(3)10-17/h4-12H,1-3H3,(H,24,25)(H,21,22,23). The maximum absolute atomic E-state index is 12.4. The van der Waals surface area contributed by atoms with Crippen molar-refractivity contribution in [2.24, 2.45) is 0 Å². The normalized spacial score (nSPS) is 10.4. The number of hydrogen-bond acceptors (Lipinski definition) is 4. The van der Waals surface area contributed by atoms with Crippen LogP contribution in [-0.4, -0.2) is 15.9 Å². The second-order valence-electron chi connectivity index (χ2n) is 6.03. The van der Waals surface area contributed by atoms with Crippen molar-refractivity contribution in [3.63, 3.8) is 0 Å². The van der Waals surface area contributed by atoms with Crippen LogP contribution in [0, 0.1) is 20.8 Å². The summed E-state index contributed by atoms with van der Waals surface area (Å²) in [4.78, 5) is 20.7. The predicted molar refractivity (Wildman–Crippen MR) is 100 cm³/mol. The minimum atomic E-state index is -0.266. The summed E-state index contributed by atoms with van der Waals surface area (Å²) >= 11 is 0. The highest BCUT2D eigenvalue weighted by Crippen LogP contribution is 2.17. The summed E-state index contributed by atoms with van der Waals surface area (Å²) in [5.74, 6) is 0.307. The Kier molecular flexibility index (Phi) is 4.75. The maximum atomic E-state index is 12.4. The van der Waals surface area contributed by atoms with E-state index in [1.54, 1.807) is 6.07 Å². The number of benzene rings is 2. The van der Waals surface area contributed by atoms with Crippen LogP contribution in [0.1, 0.15) is 27.2 Å². The zero-order chi connectivity index (χ0) is 17.8. The van der Waals surface area contributed by atoms with Crippen molar-refractivity contribution < 1.29 is 4.79 Å². The van der Waals surface area contributed by atoms with Gasteiger partial charge in [-0.15, -0.1) is 0 Å². The number of carbonyl (C=O) groups excluding carboxylic acids is 1. The first-order valence-electron chi connectivity index (χ1n) is 8.05. The van der Waals surface area contributed by atoms with Gasteiger partial charge in [0.1, 0.15) is 17.8 Å². The summed E-state index contributed by atoms with van der Waals surface area (Å²) in [7, 11) is 0. The second-order valence-corrected chi connectivity index (χ2v) is 6.03. The van der Waals surface area contributed by atoms with Crippen LogP contribution in [0.2, 0.25) is 0 Å². The lowest BCUT2D eigenvalue weighted by Gasteiger charge is -2.09. The van der Waals surface area contributed by atoms with Crippen molar-refractivity contribution in [3.8, 4) is 0 Å². The summed E-state index contributed by atoms with van der Waals surface area (Å²) < 4.78 is 0. The van der Waals surface area contributed by atoms with E-state index in [2.05, 4.69) is 20.6 Å². The number of aromatic nitrogens is 2. The van der Waals surface area contributed by atoms with E-state index in [1.165, 1.54) is 17.5 Å². The minimum absolute atomic E-state index is 0.266. The summed E-state index contributed by atoms with van der Waals surface area (Å²) in [6, 6.07) is 15.4. The van der Waals surface area contributed by atoms with Gasteiger partial charge in [0.05, 0.1) is 0 Å². The molecule has 25 heavy (non-hydrogen) atoms. The molecule has 0 spiro atoms. The van der Waals surface area contributed by atoms with Crippen LogP contribution in [0.3, 0.4) is 0 Å². The number of nitrogens with zero attached hydrogens (tertiary/aromatic N) is 2. The van der Waals surface area contributed by atoms with E-state index in [0.29, 0.717) is 11.5 Å². The Balaban J connectivity index is 1.74. The van der Waals surface area contributed by atoms with Crippen molar-refractivity contribution in [2.75, 3.05) is 10.6 Å². The second kappa shape index (κ2) is 7.13. The fourth-order valence-electron chi connectivity index (χ4n) is 2.35. The molecule has 0 fully saturated rings. The lowest BCUT2D eigenvalue weighted by Crippen LogP contribution is -2.14. The molecule has 126 valence electrons. The van der Waals surface area contributed by atoms with Gasteiger partial charge in [-0.2, -0.15) is 0 Å². The Morgan fingerprint density at radius 1 is 0.840 bits per heavy atom. The van der Waals surface area contributed by atoms with Crippen LogP contribution in [0.25, 0.3) is 0 Å². The molecule has 0 radical (unpaired) electrons. The number of aryl methyl sites for hydroxylation is 3. The number of rotatable bonds is 4. The summed E-state index contributed by atoms with van der Waals surface area (Å²) in [6.07, 6.45) is 1.38. The number of hydrogen-bond donors (Lipinski definition) is 2. The number of amides is 1. The van der Waals surface area contributed by atoms with E-state index in [4.69, 9.17) is 0 Å². The largest absolute Gasteiger partial charge is 0.340 e. The van der Waals surface area contributed by atoms with Crippen LogP contribution < -0.4 is 10.6 Å². The molecule has 2 aromatic carbocycles. The van der Waals surface area contributed by atoms with Crippen LogP contribution in [0.15, 0.2) is 54.9 Å². The van der Waals surface area contributed by atoms with Gasteiger partial charge >= 0.3 is 0 Å². The molecular formula is C20H20N4O. The first-order valence-corrected chi connectivity index (χ1v) is 8.05. The summed E-state index contributed by atoms with van der Waals surface area (Å²) in [5, 5.41) is 6.04. The quantitative estimate of drug-likeness (QED) is 0.743. The SMILES string of the molecule is Cc1ccc(Nc2cc(C(=O)Nc3ccc(C)c(C)c3)ncn2)cc1. The van der Waals surface area contributed by atoms with Gasteiger partial charge in [-0.3, -0.25) is 4.79 Å². The molecule has 0 bridgehead atoms. The third-order valence-corrected chi connectivity index (χ3v) is 3.99. The van der Waals surface area contributed by atoms with Gasteiger partial charge in [-0.1, -0.05) is 23.8 Å². The van der Waals surface area contributed by atoms with Crippen molar-refractivity contribution >= 4 is 23.1 Å². The van der Waals surface area contributed by atoms with E-state index in [9.17, 15) is 4.79 Å². The molecule has 0 aliphatic heterocycles. The van der Waals surface area contributed by atoms with Gasteiger partial charge < -0.3 is 10.6 Å². The van der Waals surface area contributed by atoms with Crippen molar-refractivity contribution in [1.29, 1.82) is 0 Å². The molecule has 3 rings (SSSR count). The molecule has 1 heterocycles. The fourth-order valence-corrected chi connectivity index (χ4v) is 2.35. The third kappa shape index (κ3) is 4.20.